The molecule has 1 aromatic heterocycles. The van der Waals surface area contributed by atoms with Gasteiger partial charge in [-0.05, 0) is 29.8 Å². The van der Waals surface area contributed by atoms with Crippen LogP contribution in [0, 0.1) is 0 Å². The maximum atomic E-state index is 12.5. The zero-order chi connectivity index (χ0) is 15.3. The number of benzene rings is 1. The van der Waals surface area contributed by atoms with Crippen LogP contribution in [0.1, 0.15) is 21.5 Å². The van der Waals surface area contributed by atoms with Gasteiger partial charge in [0.2, 0.25) is 0 Å². The molecule has 1 amide bonds. The van der Waals surface area contributed by atoms with Crippen molar-refractivity contribution in [3.05, 3.63) is 65.5 Å². The molecule has 0 atom stereocenters. The second kappa shape index (κ2) is 7.70. The van der Waals surface area contributed by atoms with E-state index in [4.69, 9.17) is 0 Å². The number of carbonyl (C=O) groups excluding carboxylic acids is 1. The molecule has 0 aliphatic rings. The minimum atomic E-state index is -4.41. The number of hydrogen-bond acceptors (Lipinski definition) is 3. The summed E-state index contributed by atoms with van der Waals surface area (Å²) in [5, 5.41) is 3.63. The van der Waals surface area contributed by atoms with Crippen LogP contribution in [0.15, 0.2) is 53.9 Å². The second-order valence-electron chi connectivity index (χ2n) is 4.06. The van der Waals surface area contributed by atoms with Crippen LogP contribution in [-0.4, -0.2) is 17.1 Å². The molecule has 0 radical (unpaired) electrons. The van der Waals surface area contributed by atoms with Crippen LogP contribution < -0.4 is 5.43 Å². The summed E-state index contributed by atoms with van der Waals surface area (Å²) in [5.74, 6) is -0.472. The van der Waals surface area contributed by atoms with Crippen molar-refractivity contribution < 1.29 is 34.5 Å². The summed E-state index contributed by atoms with van der Waals surface area (Å²) in [4.78, 5) is 15.4. The first-order valence-corrected chi connectivity index (χ1v) is 5.87. The topological polar surface area (TPSA) is 54.4 Å². The van der Waals surface area contributed by atoms with Gasteiger partial charge in [-0.15, -0.1) is 0 Å². The van der Waals surface area contributed by atoms with Gasteiger partial charge in [0.1, 0.15) is 0 Å². The van der Waals surface area contributed by atoms with E-state index in [2.05, 4.69) is 15.5 Å². The molecule has 0 saturated carbocycles. The van der Waals surface area contributed by atoms with Gasteiger partial charge in [-0.25, -0.2) is 5.43 Å². The summed E-state index contributed by atoms with van der Waals surface area (Å²) in [7, 11) is 0. The molecule has 1 heterocycles. The largest absolute Gasteiger partial charge is 2.00 e. The van der Waals surface area contributed by atoms with Crippen LogP contribution in [-0.2, 0) is 22.7 Å². The van der Waals surface area contributed by atoms with Crippen LogP contribution in [0.2, 0.25) is 0 Å². The van der Waals surface area contributed by atoms with Gasteiger partial charge in [0.25, 0.3) is 5.91 Å². The molecular formula is C14H10F3N3NiO+2. The van der Waals surface area contributed by atoms with Gasteiger partial charge in [0, 0.05) is 18.0 Å². The van der Waals surface area contributed by atoms with Crippen LogP contribution in [0.4, 0.5) is 13.2 Å². The number of carbonyl (C=O) groups is 1. The Kier molecular flexibility index (Phi) is 6.25. The Balaban J connectivity index is 0.00000242. The molecule has 1 aromatic carbocycles. The van der Waals surface area contributed by atoms with Gasteiger partial charge < -0.3 is 0 Å². The number of hydrogen-bond donors (Lipinski definition) is 1. The van der Waals surface area contributed by atoms with Gasteiger partial charge in [0.15, 0.2) is 0 Å². The minimum absolute atomic E-state index is 0. The van der Waals surface area contributed by atoms with E-state index < -0.39 is 17.6 Å². The Morgan fingerprint density at radius 1 is 1.18 bits per heavy atom. The van der Waals surface area contributed by atoms with Crippen molar-refractivity contribution in [1.29, 1.82) is 0 Å². The summed E-state index contributed by atoms with van der Waals surface area (Å²) in [5.41, 5.74) is 2.04. The second-order valence-corrected chi connectivity index (χ2v) is 4.06. The molecule has 0 aliphatic carbocycles. The van der Waals surface area contributed by atoms with Crippen molar-refractivity contribution in [2.24, 2.45) is 5.10 Å². The van der Waals surface area contributed by atoms with E-state index in [0.717, 1.165) is 18.3 Å². The molecule has 0 unspecified atom stereocenters. The Bertz CT molecular complexity index is 660. The molecule has 0 spiro atoms. The van der Waals surface area contributed by atoms with E-state index in [1.54, 1.807) is 0 Å². The summed E-state index contributed by atoms with van der Waals surface area (Å²) in [6.45, 7) is 0. The van der Waals surface area contributed by atoms with E-state index in [1.165, 1.54) is 36.7 Å². The van der Waals surface area contributed by atoms with Gasteiger partial charge in [0.05, 0.1) is 11.8 Å². The van der Waals surface area contributed by atoms with E-state index >= 15 is 0 Å². The first-order chi connectivity index (χ1) is 9.97. The number of pyridine rings is 1. The van der Waals surface area contributed by atoms with Crippen molar-refractivity contribution in [2.45, 2.75) is 6.18 Å². The van der Waals surface area contributed by atoms with E-state index in [0.29, 0.717) is 5.56 Å². The third kappa shape index (κ3) is 4.96. The zero-order valence-electron chi connectivity index (χ0n) is 10.9. The van der Waals surface area contributed by atoms with Gasteiger partial charge in [-0.2, -0.15) is 18.3 Å². The van der Waals surface area contributed by atoms with Gasteiger partial charge >= 0.3 is 22.7 Å². The average Bonchev–Trinajstić information content (AvgIpc) is 2.47. The van der Waals surface area contributed by atoms with Crippen molar-refractivity contribution in [3.63, 3.8) is 0 Å². The number of nitrogens with zero attached hydrogens (tertiary/aromatic N) is 2. The normalized spacial score (nSPS) is 11.0. The predicted octanol–water partition coefficient (Wildman–Crippen LogP) is 2.86. The number of rotatable bonds is 3. The Labute approximate surface area is 134 Å². The minimum Gasteiger partial charge on any atom is -0.267 e. The van der Waals surface area contributed by atoms with Crippen molar-refractivity contribution >= 4 is 12.1 Å². The summed E-state index contributed by atoms with van der Waals surface area (Å²) in [6, 6.07) is 7.63. The first-order valence-electron chi connectivity index (χ1n) is 5.87. The Morgan fingerprint density at radius 2 is 1.86 bits per heavy atom. The quantitative estimate of drug-likeness (QED) is 0.525. The fourth-order valence-electron chi connectivity index (χ4n) is 1.53. The van der Waals surface area contributed by atoms with Crippen molar-refractivity contribution in [1.82, 2.24) is 10.4 Å². The Morgan fingerprint density at radius 3 is 2.50 bits per heavy atom. The van der Waals surface area contributed by atoms with Crippen molar-refractivity contribution in [2.75, 3.05) is 0 Å². The zero-order valence-corrected chi connectivity index (χ0v) is 11.9. The number of aromatic nitrogens is 1. The third-order valence-electron chi connectivity index (χ3n) is 2.54. The number of alkyl halides is 3. The van der Waals surface area contributed by atoms with Crippen LogP contribution in [0.5, 0.6) is 0 Å². The monoisotopic (exact) mass is 351 g/mol. The fraction of sp³-hybridized carbons (Fsp3) is 0.0714. The molecule has 0 bridgehead atoms. The summed E-state index contributed by atoms with van der Waals surface area (Å²) < 4.78 is 37.6. The predicted molar refractivity (Wildman–Crippen MR) is 70.7 cm³/mol. The molecule has 0 saturated heterocycles. The summed E-state index contributed by atoms with van der Waals surface area (Å²) in [6.07, 6.45) is -0.366. The molecule has 0 fully saturated rings. The maximum absolute atomic E-state index is 12.5. The van der Waals surface area contributed by atoms with E-state index in [9.17, 15) is 18.0 Å². The van der Waals surface area contributed by atoms with Crippen molar-refractivity contribution in [3.8, 4) is 0 Å². The number of halogens is 3. The van der Waals surface area contributed by atoms with Crippen LogP contribution in [0.3, 0.4) is 0 Å². The molecule has 116 valence electrons. The molecule has 8 heteroatoms. The molecule has 1 N–H and O–H groups in total. The number of amides is 1. The molecule has 2 aromatic rings. The smallest absolute Gasteiger partial charge is 0.267 e. The average molecular weight is 352 g/mol. The van der Waals surface area contributed by atoms with Crippen LogP contribution in [0.25, 0.3) is 0 Å². The maximum Gasteiger partial charge on any atom is 2.00 e. The molecule has 0 aliphatic heterocycles. The standard InChI is InChI=1S/C14H10F3N3O.Ni/c15-14(16,17)12-3-1-2-10(8-12)9-19-20-13(21)11-4-6-18-7-5-11;/h1-9H,(H,20,21);/q;+2/b19-9+;. The SMILES string of the molecule is O=C(N/N=C/c1cccc(C(F)(F)F)c1)c1ccncc1.[Ni+2]. The van der Waals surface area contributed by atoms with E-state index in [-0.39, 0.29) is 22.1 Å². The first kappa shape index (κ1) is 17.8. The molecule has 2 rings (SSSR count). The van der Waals surface area contributed by atoms with Crippen LogP contribution >= 0.6 is 0 Å². The van der Waals surface area contributed by atoms with Gasteiger partial charge in [-0.1, -0.05) is 12.1 Å². The third-order valence-corrected chi connectivity index (χ3v) is 2.54. The summed E-state index contributed by atoms with van der Waals surface area (Å²) >= 11 is 0. The van der Waals surface area contributed by atoms with E-state index in [1.807, 2.05) is 0 Å². The van der Waals surface area contributed by atoms with Gasteiger partial charge in [-0.3, -0.25) is 9.78 Å². The number of nitrogens with one attached hydrogen (secondary N) is 1. The molecular weight excluding hydrogens is 342 g/mol. The molecule has 4 nitrogen and oxygen atoms in total. The molecule has 22 heavy (non-hydrogen) atoms. The Hall–Kier alpha value is -2.21. The number of hydrazone groups is 1. The fourth-order valence-corrected chi connectivity index (χ4v) is 1.53.